The molecule has 3 aliphatic heterocycles. The fraction of sp³-hybridized carbons (Fsp3) is 0.625. The fourth-order valence-corrected chi connectivity index (χ4v) is 5.47. The maximum atomic E-state index is 12.7. The number of nitrogens with zero attached hydrogens (tertiary/aromatic N) is 5. The first-order chi connectivity index (χ1) is 16.7. The van der Waals surface area contributed by atoms with E-state index in [2.05, 4.69) is 42.0 Å². The Morgan fingerprint density at radius 1 is 1.03 bits per heavy atom. The van der Waals surface area contributed by atoms with Gasteiger partial charge < -0.3 is 19.7 Å². The van der Waals surface area contributed by atoms with E-state index in [1.807, 2.05) is 12.1 Å². The molecule has 0 saturated carbocycles. The van der Waals surface area contributed by atoms with Crippen molar-refractivity contribution in [1.82, 2.24) is 19.7 Å². The number of thioether (sulfide) groups is 1. The van der Waals surface area contributed by atoms with E-state index in [9.17, 15) is 4.79 Å². The molecule has 0 radical (unpaired) electrons. The van der Waals surface area contributed by atoms with Crippen LogP contribution in [0.5, 0.6) is 0 Å². The number of carbonyl (C=O) groups excluding carboxylic acids is 1. The maximum Gasteiger partial charge on any atom is 0.234 e. The second kappa shape index (κ2) is 11.5. The molecule has 0 aliphatic carbocycles. The molecule has 1 aromatic heterocycles. The number of carbonyl (C=O) groups is 1. The van der Waals surface area contributed by atoms with Crippen LogP contribution < -0.4 is 10.2 Å². The number of amides is 1. The number of benzene rings is 1. The lowest BCUT2D eigenvalue weighted by atomic mass is 10.2. The highest BCUT2D eigenvalue weighted by Gasteiger charge is 2.25. The SMILES string of the molecule is O=C(CSc1nnc(N2CCCC2)n1C[C@@H]1CCCO1)Nc1ccc(CN2CCOCC2)cc1. The van der Waals surface area contributed by atoms with E-state index in [-0.39, 0.29) is 12.0 Å². The van der Waals surface area contributed by atoms with Crippen molar-refractivity contribution >= 4 is 29.3 Å². The Kier molecular flexibility index (Phi) is 8.00. The Morgan fingerprint density at radius 3 is 2.56 bits per heavy atom. The van der Waals surface area contributed by atoms with Crippen molar-refractivity contribution in [3.8, 4) is 0 Å². The summed E-state index contributed by atoms with van der Waals surface area (Å²) in [4.78, 5) is 17.3. The van der Waals surface area contributed by atoms with Crippen LogP contribution >= 0.6 is 11.8 Å². The van der Waals surface area contributed by atoms with Gasteiger partial charge >= 0.3 is 0 Å². The number of aromatic nitrogens is 3. The maximum absolute atomic E-state index is 12.7. The largest absolute Gasteiger partial charge is 0.379 e. The van der Waals surface area contributed by atoms with Crippen LogP contribution in [0.3, 0.4) is 0 Å². The third-order valence-electron chi connectivity index (χ3n) is 6.58. The Balaban J connectivity index is 1.16. The highest BCUT2D eigenvalue weighted by Crippen LogP contribution is 2.27. The van der Waals surface area contributed by atoms with E-state index in [1.54, 1.807) is 0 Å². The van der Waals surface area contributed by atoms with Gasteiger partial charge in [-0.25, -0.2) is 0 Å². The molecule has 0 bridgehead atoms. The molecule has 0 unspecified atom stereocenters. The summed E-state index contributed by atoms with van der Waals surface area (Å²) in [6.45, 7) is 8.02. The molecule has 4 heterocycles. The summed E-state index contributed by atoms with van der Waals surface area (Å²) >= 11 is 1.44. The van der Waals surface area contributed by atoms with Crippen LogP contribution in [0.4, 0.5) is 11.6 Å². The summed E-state index contributed by atoms with van der Waals surface area (Å²) in [7, 11) is 0. The number of ether oxygens (including phenoxy) is 2. The van der Waals surface area contributed by atoms with E-state index in [0.717, 1.165) is 88.7 Å². The van der Waals surface area contributed by atoms with Crippen LogP contribution in [-0.2, 0) is 27.4 Å². The van der Waals surface area contributed by atoms with Crippen molar-refractivity contribution in [3.05, 3.63) is 29.8 Å². The Bertz CT molecular complexity index is 935. The molecule has 5 rings (SSSR count). The minimum absolute atomic E-state index is 0.0414. The zero-order valence-electron chi connectivity index (χ0n) is 19.7. The first-order valence-corrected chi connectivity index (χ1v) is 13.3. The summed E-state index contributed by atoms with van der Waals surface area (Å²) in [5, 5.41) is 12.7. The Hall–Kier alpha value is -2.14. The molecule has 10 heteroatoms. The van der Waals surface area contributed by atoms with Crippen molar-refractivity contribution in [1.29, 1.82) is 0 Å². The standard InChI is InChI=1S/C24H34N6O3S/c31-22(25-20-7-5-19(6-8-20)16-28-11-14-32-15-12-28)18-34-24-27-26-23(29-9-1-2-10-29)30(24)17-21-4-3-13-33-21/h5-8,21H,1-4,9-18H2,(H,25,31)/t21-/m0/s1. The molecule has 1 aromatic carbocycles. The van der Waals surface area contributed by atoms with Gasteiger partial charge in [-0.1, -0.05) is 23.9 Å². The molecule has 3 saturated heterocycles. The van der Waals surface area contributed by atoms with Crippen LogP contribution in [0, 0.1) is 0 Å². The zero-order chi connectivity index (χ0) is 23.2. The predicted molar refractivity (Wildman–Crippen MR) is 132 cm³/mol. The molecule has 1 amide bonds. The minimum atomic E-state index is -0.0414. The molecule has 2 aromatic rings. The molecule has 0 spiro atoms. The van der Waals surface area contributed by atoms with Gasteiger partial charge in [0.2, 0.25) is 11.9 Å². The number of hydrogen-bond donors (Lipinski definition) is 1. The van der Waals surface area contributed by atoms with Crippen LogP contribution in [0.15, 0.2) is 29.4 Å². The van der Waals surface area contributed by atoms with E-state index in [0.29, 0.717) is 5.75 Å². The van der Waals surface area contributed by atoms with Gasteiger partial charge in [0.1, 0.15) is 0 Å². The zero-order valence-corrected chi connectivity index (χ0v) is 20.5. The van der Waals surface area contributed by atoms with E-state index in [1.165, 1.54) is 30.2 Å². The monoisotopic (exact) mass is 486 g/mol. The molecule has 1 N–H and O–H groups in total. The first-order valence-electron chi connectivity index (χ1n) is 12.4. The van der Waals surface area contributed by atoms with Crippen molar-refractivity contribution < 1.29 is 14.3 Å². The number of morpholine rings is 1. The summed E-state index contributed by atoms with van der Waals surface area (Å²) in [5.41, 5.74) is 2.06. The van der Waals surface area contributed by atoms with Gasteiger partial charge in [0.25, 0.3) is 0 Å². The fourth-order valence-electron chi connectivity index (χ4n) is 4.73. The van der Waals surface area contributed by atoms with Gasteiger partial charge in [0.05, 0.1) is 31.6 Å². The molecule has 3 fully saturated rings. The van der Waals surface area contributed by atoms with Gasteiger partial charge in [-0.15, -0.1) is 10.2 Å². The minimum Gasteiger partial charge on any atom is -0.379 e. The average Bonchev–Trinajstić information content (AvgIpc) is 3.63. The lowest BCUT2D eigenvalue weighted by Gasteiger charge is -2.26. The van der Waals surface area contributed by atoms with E-state index >= 15 is 0 Å². The van der Waals surface area contributed by atoms with Crippen molar-refractivity contribution in [2.24, 2.45) is 0 Å². The third kappa shape index (κ3) is 6.10. The molecule has 34 heavy (non-hydrogen) atoms. The molecular weight excluding hydrogens is 452 g/mol. The number of nitrogens with one attached hydrogen (secondary N) is 1. The van der Waals surface area contributed by atoms with Crippen LogP contribution in [0.2, 0.25) is 0 Å². The molecule has 1 atom stereocenters. The Labute approximate surface area is 205 Å². The van der Waals surface area contributed by atoms with Crippen molar-refractivity contribution in [2.75, 3.05) is 62.0 Å². The lowest BCUT2D eigenvalue weighted by molar-refractivity contribution is -0.113. The highest BCUT2D eigenvalue weighted by molar-refractivity contribution is 7.99. The lowest BCUT2D eigenvalue weighted by Crippen LogP contribution is -2.35. The van der Waals surface area contributed by atoms with Gasteiger partial charge in [0.15, 0.2) is 5.16 Å². The smallest absolute Gasteiger partial charge is 0.234 e. The highest BCUT2D eigenvalue weighted by atomic mass is 32.2. The van der Waals surface area contributed by atoms with Crippen LogP contribution in [0.1, 0.15) is 31.2 Å². The van der Waals surface area contributed by atoms with E-state index in [4.69, 9.17) is 9.47 Å². The number of hydrogen-bond acceptors (Lipinski definition) is 8. The van der Waals surface area contributed by atoms with Gasteiger partial charge in [0, 0.05) is 45.0 Å². The summed E-state index contributed by atoms with van der Waals surface area (Å²) < 4.78 is 13.4. The van der Waals surface area contributed by atoms with Crippen LogP contribution in [-0.4, -0.2) is 83.4 Å². The summed E-state index contributed by atoms with van der Waals surface area (Å²) in [5.74, 6) is 1.16. The summed E-state index contributed by atoms with van der Waals surface area (Å²) in [6, 6.07) is 8.12. The number of rotatable bonds is 9. The van der Waals surface area contributed by atoms with E-state index < -0.39 is 0 Å². The average molecular weight is 487 g/mol. The van der Waals surface area contributed by atoms with Crippen molar-refractivity contribution in [3.63, 3.8) is 0 Å². The second-order valence-electron chi connectivity index (χ2n) is 9.14. The molecular formula is C24H34N6O3S. The van der Waals surface area contributed by atoms with Crippen molar-refractivity contribution in [2.45, 2.75) is 50.0 Å². The van der Waals surface area contributed by atoms with Crippen LogP contribution in [0.25, 0.3) is 0 Å². The molecule has 3 aliphatic rings. The predicted octanol–water partition coefficient (Wildman–Crippen LogP) is 2.62. The second-order valence-corrected chi connectivity index (χ2v) is 10.1. The quantitative estimate of drug-likeness (QED) is 0.542. The molecule has 184 valence electrons. The summed E-state index contributed by atoms with van der Waals surface area (Å²) in [6.07, 6.45) is 4.72. The number of anilines is 2. The molecule has 9 nitrogen and oxygen atoms in total. The van der Waals surface area contributed by atoms with Gasteiger partial charge in [-0.05, 0) is 43.4 Å². The third-order valence-corrected chi connectivity index (χ3v) is 7.54. The topological polar surface area (TPSA) is 84.8 Å². The Morgan fingerprint density at radius 2 is 1.82 bits per heavy atom. The van der Waals surface area contributed by atoms with Gasteiger partial charge in [-0.3, -0.25) is 14.3 Å². The van der Waals surface area contributed by atoms with Gasteiger partial charge in [-0.2, -0.15) is 0 Å². The first kappa shape index (κ1) is 23.6. The normalized spacial score (nSPS) is 21.3.